The second-order valence-corrected chi connectivity index (χ2v) is 4.34. The molecule has 0 radical (unpaired) electrons. The molecule has 108 valence electrons. The number of carbonyl (C=O) groups is 1. The van der Waals surface area contributed by atoms with E-state index < -0.39 is 5.91 Å². The standard InChI is InChI=1S/C14H13ClN4O2/c15-8-13(16)19-9-2-1-3-10(6-9)21-11-4-5-18-12(7-11)14(17)20/h1-7H,8H2,(H2,16,19)(H2,17,20). The summed E-state index contributed by atoms with van der Waals surface area (Å²) in [5.74, 6) is 0.838. The Morgan fingerprint density at radius 1 is 1.24 bits per heavy atom. The highest BCUT2D eigenvalue weighted by molar-refractivity contribution is 6.28. The quantitative estimate of drug-likeness (QED) is 0.502. The Labute approximate surface area is 126 Å². The number of nitrogens with zero attached hydrogens (tertiary/aromatic N) is 2. The molecule has 0 aliphatic rings. The molecule has 4 N–H and O–H groups in total. The Hall–Kier alpha value is -2.60. The number of ether oxygens (including phenoxy) is 1. The number of aromatic nitrogens is 1. The first-order valence-electron chi connectivity index (χ1n) is 6.01. The van der Waals surface area contributed by atoms with E-state index in [9.17, 15) is 4.79 Å². The van der Waals surface area contributed by atoms with Crippen molar-refractivity contribution in [3.8, 4) is 11.5 Å². The van der Waals surface area contributed by atoms with Crippen LogP contribution in [-0.2, 0) is 0 Å². The first-order chi connectivity index (χ1) is 10.1. The Kier molecular flexibility index (Phi) is 4.73. The summed E-state index contributed by atoms with van der Waals surface area (Å²) in [7, 11) is 0. The molecule has 0 aliphatic carbocycles. The number of nitrogens with two attached hydrogens (primary N) is 2. The van der Waals surface area contributed by atoms with E-state index in [1.165, 1.54) is 12.3 Å². The van der Waals surface area contributed by atoms with Crippen molar-refractivity contribution in [1.29, 1.82) is 0 Å². The lowest BCUT2D eigenvalue weighted by Gasteiger charge is -2.07. The highest BCUT2D eigenvalue weighted by atomic mass is 35.5. The fourth-order valence-electron chi connectivity index (χ4n) is 1.56. The normalized spacial score (nSPS) is 11.2. The third-order valence-electron chi connectivity index (χ3n) is 2.45. The summed E-state index contributed by atoms with van der Waals surface area (Å²) in [6, 6.07) is 10.1. The van der Waals surface area contributed by atoms with Crippen LogP contribution >= 0.6 is 11.6 Å². The number of amides is 1. The first-order valence-corrected chi connectivity index (χ1v) is 6.54. The topological polar surface area (TPSA) is 104 Å². The molecule has 2 rings (SSSR count). The van der Waals surface area contributed by atoms with Gasteiger partial charge >= 0.3 is 0 Å². The van der Waals surface area contributed by atoms with E-state index in [0.29, 0.717) is 23.0 Å². The molecule has 1 aromatic carbocycles. The number of hydrogen-bond acceptors (Lipinski definition) is 4. The molecule has 1 amide bonds. The van der Waals surface area contributed by atoms with Crippen LogP contribution in [0.4, 0.5) is 5.69 Å². The number of halogens is 1. The molecule has 0 unspecified atom stereocenters. The SMILES string of the molecule is NC(=O)c1cc(Oc2cccc(N=C(N)CCl)c2)ccn1. The summed E-state index contributed by atoms with van der Waals surface area (Å²) in [6.45, 7) is 0. The molecular formula is C14H13ClN4O2. The minimum absolute atomic E-state index is 0.132. The van der Waals surface area contributed by atoms with Gasteiger partial charge in [0.2, 0.25) is 0 Å². The van der Waals surface area contributed by atoms with Crippen LogP contribution in [0.5, 0.6) is 11.5 Å². The molecule has 21 heavy (non-hydrogen) atoms. The van der Waals surface area contributed by atoms with Gasteiger partial charge in [-0.05, 0) is 18.2 Å². The maximum absolute atomic E-state index is 11.1. The van der Waals surface area contributed by atoms with Crippen LogP contribution in [0.3, 0.4) is 0 Å². The summed E-state index contributed by atoms with van der Waals surface area (Å²) in [4.78, 5) is 19.0. The van der Waals surface area contributed by atoms with Gasteiger partial charge in [0.05, 0.1) is 11.6 Å². The molecule has 0 fully saturated rings. The molecule has 0 bridgehead atoms. The summed E-state index contributed by atoms with van der Waals surface area (Å²) in [5.41, 5.74) is 11.5. The zero-order valence-corrected chi connectivity index (χ0v) is 11.7. The first kappa shape index (κ1) is 14.8. The van der Waals surface area contributed by atoms with Gasteiger partial charge in [-0.3, -0.25) is 9.78 Å². The second kappa shape index (κ2) is 6.71. The monoisotopic (exact) mass is 304 g/mol. The lowest BCUT2D eigenvalue weighted by atomic mass is 10.3. The van der Waals surface area contributed by atoms with Gasteiger partial charge in [0.25, 0.3) is 5.91 Å². The number of aliphatic imine (C=N–C) groups is 1. The zero-order chi connectivity index (χ0) is 15.2. The van der Waals surface area contributed by atoms with Crippen LogP contribution in [0, 0.1) is 0 Å². The minimum atomic E-state index is -0.617. The maximum Gasteiger partial charge on any atom is 0.267 e. The highest BCUT2D eigenvalue weighted by Crippen LogP contribution is 2.25. The van der Waals surface area contributed by atoms with Gasteiger partial charge in [0.15, 0.2) is 0 Å². The average molecular weight is 305 g/mol. The highest BCUT2D eigenvalue weighted by Gasteiger charge is 2.05. The van der Waals surface area contributed by atoms with Crippen molar-refractivity contribution in [3.05, 3.63) is 48.3 Å². The van der Waals surface area contributed by atoms with Crippen LogP contribution in [0.2, 0.25) is 0 Å². The smallest absolute Gasteiger partial charge is 0.267 e. The zero-order valence-electron chi connectivity index (χ0n) is 11.0. The number of hydrogen-bond donors (Lipinski definition) is 2. The molecule has 1 aromatic heterocycles. The number of primary amides is 1. The molecular weight excluding hydrogens is 292 g/mol. The fraction of sp³-hybridized carbons (Fsp3) is 0.0714. The molecule has 6 nitrogen and oxygen atoms in total. The largest absolute Gasteiger partial charge is 0.457 e. The van der Waals surface area contributed by atoms with Gasteiger partial charge in [-0.1, -0.05) is 6.07 Å². The summed E-state index contributed by atoms with van der Waals surface area (Å²) >= 11 is 5.58. The van der Waals surface area contributed by atoms with Crippen molar-refractivity contribution >= 4 is 29.0 Å². The third-order valence-corrected chi connectivity index (χ3v) is 2.72. The van der Waals surface area contributed by atoms with Crippen molar-refractivity contribution in [2.75, 3.05) is 5.88 Å². The van der Waals surface area contributed by atoms with Crippen molar-refractivity contribution in [2.45, 2.75) is 0 Å². The van der Waals surface area contributed by atoms with E-state index in [1.54, 1.807) is 30.3 Å². The molecule has 0 saturated carbocycles. The molecule has 7 heteroatoms. The van der Waals surface area contributed by atoms with Gasteiger partial charge in [-0.25, -0.2) is 4.99 Å². The average Bonchev–Trinajstić information content (AvgIpc) is 2.47. The van der Waals surface area contributed by atoms with Gasteiger partial charge < -0.3 is 16.2 Å². The predicted molar refractivity (Wildman–Crippen MR) is 81.3 cm³/mol. The number of amidine groups is 1. The Morgan fingerprint density at radius 2 is 2.00 bits per heavy atom. The van der Waals surface area contributed by atoms with Crippen LogP contribution in [0.25, 0.3) is 0 Å². The molecule has 0 aliphatic heterocycles. The van der Waals surface area contributed by atoms with Crippen molar-refractivity contribution in [3.63, 3.8) is 0 Å². The molecule has 0 spiro atoms. The molecule has 0 atom stereocenters. The molecule has 2 aromatic rings. The van der Waals surface area contributed by atoms with Crippen molar-refractivity contribution < 1.29 is 9.53 Å². The Bertz CT molecular complexity index is 688. The molecule has 1 heterocycles. The van der Waals surface area contributed by atoms with Gasteiger partial charge in [0.1, 0.15) is 23.0 Å². The number of rotatable bonds is 5. The number of benzene rings is 1. The number of carbonyl (C=O) groups excluding carboxylic acids is 1. The van der Waals surface area contributed by atoms with Gasteiger partial charge in [-0.2, -0.15) is 0 Å². The fourth-order valence-corrected chi connectivity index (χ4v) is 1.62. The van der Waals surface area contributed by atoms with Crippen LogP contribution < -0.4 is 16.2 Å². The summed E-state index contributed by atoms with van der Waals surface area (Å²) < 4.78 is 5.63. The van der Waals surface area contributed by atoms with E-state index in [0.717, 1.165) is 0 Å². The predicted octanol–water partition coefficient (Wildman–Crippen LogP) is 2.20. The van der Waals surface area contributed by atoms with Crippen LogP contribution in [0.15, 0.2) is 47.6 Å². The Morgan fingerprint density at radius 3 is 2.71 bits per heavy atom. The van der Waals surface area contributed by atoms with Crippen molar-refractivity contribution in [1.82, 2.24) is 4.98 Å². The minimum Gasteiger partial charge on any atom is -0.457 e. The summed E-state index contributed by atoms with van der Waals surface area (Å²) in [6.07, 6.45) is 1.45. The lowest BCUT2D eigenvalue weighted by Crippen LogP contribution is -2.12. The van der Waals surface area contributed by atoms with E-state index in [2.05, 4.69) is 9.98 Å². The van der Waals surface area contributed by atoms with E-state index >= 15 is 0 Å². The van der Waals surface area contributed by atoms with Crippen LogP contribution in [0.1, 0.15) is 10.5 Å². The van der Waals surface area contributed by atoms with Gasteiger partial charge in [-0.15, -0.1) is 11.6 Å². The number of pyridine rings is 1. The van der Waals surface area contributed by atoms with Crippen molar-refractivity contribution in [2.24, 2.45) is 16.5 Å². The lowest BCUT2D eigenvalue weighted by molar-refractivity contribution is 0.0995. The van der Waals surface area contributed by atoms with E-state index in [-0.39, 0.29) is 11.6 Å². The second-order valence-electron chi connectivity index (χ2n) is 4.08. The van der Waals surface area contributed by atoms with E-state index in [1.807, 2.05) is 0 Å². The van der Waals surface area contributed by atoms with Gasteiger partial charge in [0, 0.05) is 18.3 Å². The Balaban J connectivity index is 2.22. The summed E-state index contributed by atoms with van der Waals surface area (Å²) in [5, 5.41) is 0. The molecule has 0 saturated heterocycles. The van der Waals surface area contributed by atoms with Crippen LogP contribution in [-0.4, -0.2) is 22.6 Å². The number of alkyl halides is 1. The van der Waals surface area contributed by atoms with E-state index in [4.69, 9.17) is 27.8 Å². The third kappa shape index (κ3) is 4.19. The maximum atomic E-state index is 11.1.